The lowest BCUT2D eigenvalue weighted by Crippen LogP contribution is -2.34. The Balaban J connectivity index is 2.49. The maximum atomic E-state index is 12.5. The Kier molecular flexibility index (Phi) is 4.53. The van der Waals surface area contributed by atoms with E-state index in [1.54, 1.807) is 6.08 Å². The third-order valence-corrected chi connectivity index (χ3v) is 5.75. The Morgan fingerprint density at radius 3 is 2.58 bits per heavy atom. The van der Waals surface area contributed by atoms with Gasteiger partial charge in [0.2, 0.25) is 10.0 Å². The zero-order valence-corrected chi connectivity index (χ0v) is 12.3. The average molecular weight is 322 g/mol. The highest BCUT2D eigenvalue weighted by Gasteiger charge is 2.28. The summed E-state index contributed by atoms with van der Waals surface area (Å²) in [7, 11) is -3.66. The summed E-state index contributed by atoms with van der Waals surface area (Å²) in [5.41, 5.74) is 0.233. The molecule has 1 aromatic carbocycles. The molecule has 2 rings (SSSR count). The molecule has 4 nitrogen and oxygen atoms in total. The van der Waals surface area contributed by atoms with Gasteiger partial charge in [0.05, 0.1) is 11.6 Å². The van der Waals surface area contributed by atoms with Crippen LogP contribution < -0.4 is 0 Å². The van der Waals surface area contributed by atoms with E-state index in [0.29, 0.717) is 19.5 Å². The van der Waals surface area contributed by atoms with Gasteiger partial charge in [-0.25, -0.2) is 8.42 Å². The number of hydrogen-bond acceptors (Lipinski definition) is 3. The fourth-order valence-corrected chi connectivity index (χ4v) is 4.18. The molecule has 19 heavy (non-hydrogen) atoms. The van der Waals surface area contributed by atoms with Gasteiger partial charge in [0.1, 0.15) is 4.90 Å². The van der Waals surface area contributed by atoms with Gasteiger partial charge in [-0.3, -0.25) is 0 Å². The quantitative estimate of drug-likeness (QED) is 0.870. The number of nitrogens with zero attached hydrogens (tertiary/aromatic N) is 1. The molecular formula is C12H13Cl2NO3S. The van der Waals surface area contributed by atoms with Crippen LogP contribution in [0.15, 0.2) is 29.2 Å². The molecule has 0 saturated carbocycles. The number of aliphatic hydroxyl groups excluding tert-OH is 1. The predicted molar refractivity (Wildman–Crippen MR) is 74.9 cm³/mol. The van der Waals surface area contributed by atoms with Crippen LogP contribution in [0.25, 0.3) is 0 Å². The van der Waals surface area contributed by atoms with E-state index in [2.05, 4.69) is 0 Å². The van der Waals surface area contributed by atoms with Crippen molar-refractivity contribution in [2.75, 3.05) is 13.1 Å². The Morgan fingerprint density at radius 1 is 1.26 bits per heavy atom. The minimum absolute atomic E-state index is 0.00967. The van der Waals surface area contributed by atoms with Crippen LogP contribution in [-0.2, 0) is 16.6 Å². The Hall–Kier alpha value is -0.590. The summed E-state index contributed by atoms with van der Waals surface area (Å²) >= 11 is 11.9. The molecule has 1 aliphatic rings. The molecule has 0 unspecified atom stereocenters. The maximum Gasteiger partial charge on any atom is 0.244 e. The molecule has 0 spiro atoms. The van der Waals surface area contributed by atoms with E-state index in [1.807, 2.05) is 6.08 Å². The Morgan fingerprint density at radius 2 is 2.00 bits per heavy atom. The molecule has 7 heteroatoms. The van der Waals surface area contributed by atoms with Crippen LogP contribution in [0.2, 0.25) is 10.0 Å². The lowest BCUT2D eigenvalue weighted by molar-refractivity contribution is 0.281. The van der Waals surface area contributed by atoms with E-state index in [9.17, 15) is 13.5 Å². The largest absolute Gasteiger partial charge is 0.392 e. The minimum Gasteiger partial charge on any atom is -0.392 e. The lowest BCUT2D eigenvalue weighted by atomic mass is 10.2. The molecule has 1 heterocycles. The van der Waals surface area contributed by atoms with Crippen molar-refractivity contribution >= 4 is 33.2 Å². The summed E-state index contributed by atoms with van der Waals surface area (Å²) in [5, 5.41) is 9.46. The molecular weight excluding hydrogens is 309 g/mol. The fourth-order valence-electron chi connectivity index (χ4n) is 1.90. The van der Waals surface area contributed by atoms with Gasteiger partial charge in [-0.2, -0.15) is 4.31 Å². The molecule has 0 aromatic heterocycles. The average Bonchev–Trinajstić information content (AvgIpc) is 2.40. The summed E-state index contributed by atoms with van der Waals surface area (Å²) in [6.07, 6.45) is 4.42. The highest BCUT2D eigenvalue weighted by atomic mass is 35.5. The predicted octanol–water partition coefficient (Wildman–Crippen LogP) is 2.44. The van der Waals surface area contributed by atoms with Gasteiger partial charge in [-0.15, -0.1) is 0 Å². The van der Waals surface area contributed by atoms with E-state index >= 15 is 0 Å². The number of halogens is 2. The first-order chi connectivity index (χ1) is 8.98. The Bertz CT molecular complexity index is 614. The molecule has 1 aliphatic heterocycles. The number of benzene rings is 1. The summed E-state index contributed by atoms with van der Waals surface area (Å²) in [6.45, 7) is 0.350. The smallest absolute Gasteiger partial charge is 0.244 e. The number of aliphatic hydroxyl groups is 1. The second kappa shape index (κ2) is 5.81. The second-order valence-corrected chi connectivity index (χ2v) is 6.81. The third-order valence-electron chi connectivity index (χ3n) is 2.95. The highest BCUT2D eigenvalue weighted by molar-refractivity contribution is 7.89. The van der Waals surface area contributed by atoms with Gasteiger partial charge in [-0.05, 0) is 18.6 Å². The van der Waals surface area contributed by atoms with Crippen molar-refractivity contribution in [2.24, 2.45) is 0 Å². The van der Waals surface area contributed by atoms with Crippen molar-refractivity contribution in [1.29, 1.82) is 0 Å². The molecule has 0 aliphatic carbocycles. The topological polar surface area (TPSA) is 57.6 Å². The van der Waals surface area contributed by atoms with Crippen molar-refractivity contribution < 1.29 is 13.5 Å². The van der Waals surface area contributed by atoms with Crippen LogP contribution in [0.4, 0.5) is 0 Å². The van der Waals surface area contributed by atoms with Crippen LogP contribution in [0.3, 0.4) is 0 Å². The zero-order valence-electron chi connectivity index (χ0n) is 10.0. The van der Waals surface area contributed by atoms with E-state index in [4.69, 9.17) is 23.2 Å². The molecule has 0 fully saturated rings. The van der Waals surface area contributed by atoms with Gasteiger partial charge in [-0.1, -0.05) is 35.4 Å². The second-order valence-electron chi connectivity index (χ2n) is 4.12. The van der Waals surface area contributed by atoms with Gasteiger partial charge < -0.3 is 5.11 Å². The van der Waals surface area contributed by atoms with Crippen LogP contribution in [0.5, 0.6) is 0 Å². The van der Waals surface area contributed by atoms with Crippen molar-refractivity contribution in [3.8, 4) is 0 Å². The first-order valence-corrected chi connectivity index (χ1v) is 7.91. The molecule has 0 radical (unpaired) electrons. The minimum atomic E-state index is -3.66. The number of sulfonamides is 1. The van der Waals surface area contributed by atoms with Gasteiger partial charge in [0, 0.05) is 23.7 Å². The monoisotopic (exact) mass is 321 g/mol. The van der Waals surface area contributed by atoms with Gasteiger partial charge >= 0.3 is 0 Å². The number of rotatable bonds is 3. The molecule has 1 N–H and O–H groups in total. The summed E-state index contributed by atoms with van der Waals surface area (Å²) in [6, 6.07) is 2.81. The van der Waals surface area contributed by atoms with Gasteiger partial charge in [0.15, 0.2) is 0 Å². The van der Waals surface area contributed by atoms with Crippen LogP contribution in [0.1, 0.15) is 12.0 Å². The normalized spacial score (nSPS) is 16.8. The Labute approximate surface area is 122 Å². The molecule has 104 valence electrons. The fraction of sp³-hybridized carbons (Fsp3) is 0.333. The van der Waals surface area contributed by atoms with Crippen LogP contribution in [-0.4, -0.2) is 30.9 Å². The van der Waals surface area contributed by atoms with Crippen molar-refractivity contribution in [3.63, 3.8) is 0 Å². The molecule has 1 aromatic rings. The molecule has 0 atom stereocenters. The van der Waals surface area contributed by atoms with Crippen LogP contribution >= 0.6 is 23.2 Å². The molecule has 0 amide bonds. The maximum absolute atomic E-state index is 12.5. The zero-order chi connectivity index (χ0) is 14.0. The SMILES string of the molecule is O=S(=O)(c1ccc(Cl)c(CO)c1Cl)N1CC=CCC1. The van der Waals surface area contributed by atoms with E-state index in [1.165, 1.54) is 16.4 Å². The standard InChI is InChI=1S/C12H13Cl2NO3S/c13-10-4-5-11(12(14)9(10)8-16)19(17,18)15-6-2-1-3-7-15/h1-2,4-5,16H,3,6-8H2. The van der Waals surface area contributed by atoms with Crippen molar-refractivity contribution in [2.45, 2.75) is 17.9 Å². The summed E-state index contributed by atoms with van der Waals surface area (Å²) in [4.78, 5) is -0.0158. The van der Waals surface area contributed by atoms with E-state index in [0.717, 1.165) is 0 Å². The van der Waals surface area contributed by atoms with Crippen LogP contribution in [0, 0.1) is 0 Å². The third kappa shape index (κ3) is 2.80. The van der Waals surface area contributed by atoms with Crippen molar-refractivity contribution in [1.82, 2.24) is 4.31 Å². The summed E-state index contributed by atoms with van der Waals surface area (Å²) < 4.78 is 26.3. The van der Waals surface area contributed by atoms with Crippen molar-refractivity contribution in [3.05, 3.63) is 39.9 Å². The van der Waals surface area contributed by atoms with E-state index in [-0.39, 0.29) is 20.5 Å². The summed E-state index contributed by atoms with van der Waals surface area (Å²) in [5.74, 6) is 0. The first kappa shape index (κ1) is 14.8. The lowest BCUT2D eigenvalue weighted by Gasteiger charge is -2.23. The number of hydrogen-bond donors (Lipinski definition) is 1. The molecule has 0 bridgehead atoms. The van der Waals surface area contributed by atoms with E-state index < -0.39 is 16.6 Å². The van der Waals surface area contributed by atoms with Gasteiger partial charge in [0.25, 0.3) is 0 Å². The highest BCUT2D eigenvalue weighted by Crippen LogP contribution is 2.33. The first-order valence-electron chi connectivity index (χ1n) is 5.71. The molecule has 0 saturated heterocycles.